The molecule has 0 aliphatic rings. The van der Waals surface area contributed by atoms with E-state index < -0.39 is 11.9 Å². The fourth-order valence-corrected chi connectivity index (χ4v) is 3.45. The molecule has 0 radical (unpaired) electrons. The lowest BCUT2D eigenvalue weighted by atomic mass is 10.2. The molecule has 3 aromatic rings. The van der Waals surface area contributed by atoms with Crippen LogP contribution in [0.3, 0.4) is 0 Å². The Kier molecular flexibility index (Phi) is 6.01. The zero-order valence-corrected chi connectivity index (χ0v) is 17.1. The summed E-state index contributed by atoms with van der Waals surface area (Å²) in [5.74, 6) is -0.273. The molecule has 0 aliphatic heterocycles. The third-order valence-electron chi connectivity index (χ3n) is 3.85. The lowest BCUT2D eigenvalue weighted by molar-refractivity contribution is 0.0602. The van der Waals surface area contributed by atoms with Crippen molar-refractivity contribution in [2.45, 2.75) is 20.6 Å². The van der Waals surface area contributed by atoms with Crippen molar-refractivity contribution in [2.75, 3.05) is 12.4 Å². The fourth-order valence-electron chi connectivity index (χ4n) is 2.44. The molecule has 1 aromatic carbocycles. The highest BCUT2D eigenvalue weighted by molar-refractivity contribution is 7.16. The van der Waals surface area contributed by atoms with Gasteiger partial charge in [-0.05, 0) is 49.7 Å². The van der Waals surface area contributed by atoms with Crippen LogP contribution in [0.4, 0.5) is 5.00 Å². The summed E-state index contributed by atoms with van der Waals surface area (Å²) < 4.78 is 11.9. The van der Waals surface area contributed by atoms with Crippen molar-refractivity contribution in [3.8, 4) is 5.75 Å². The Morgan fingerprint density at radius 3 is 2.75 bits per heavy atom. The maximum Gasteiger partial charge on any atom is 0.340 e. The quantitative estimate of drug-likeness (QED) is 0.602. The molecule has 146 valence electrons. The van der Waals surface area contributed by atoms with Crippen molar-refractivity contribution in [2.24, 2.45) is 0 Å². The predicted octanol–water partition coefficient (Wildman–Crippen LogP) is 4.29. The van der Waals surface area contributed by atoms with Gasteiger partial charge in [0.1, 0.15) is 10.8 Å². The number of halogens is 1. The molecular formula is C19H18ClN3O4S. The highest BCUT2D eigenvalue weighted by atomic mass is 35.5. The van der Waals surface area contributed by atoms with Crippen LogP contribution < -0.4 is 10.1 Å². The van der Waals surface area contributed by atoms with Crippen LogP contribution in [0, 0.1) is 13.8 Å². The van der Waals surface area contributed by atoms with Crippen molar-refractivity contribution in [1.29, 1.82) is 0 Å². The number of ether oxygens (including phenoxy) is 2. The van der Waals surface area contributed by atoms with E-state index in [1.807, 2.05) is 19.9 Å². The van der Waals surface area contributed by atoms with E-state index in [-0.39, 0.29) is 12.4 Å². The van der Waals surface area contributed by atoms with Crippen LogP contribution >= 0.6 is 22.9 Å². The zero-order chi connectivity index (χ0) is 20.3. The second-order valence-electron chi connectivity index (χ2n) is 5.97. The Bertz CT molecular complexity index is 1030. The lowest BCUT2D eigenvalue weighted by Crippen LogP contribution is -2.15. The molecule has 0 fully saturated rings. The average molecular weight is 420 g/mol. The second kappa shape index (κ2) is 8.45. The van der Waals surface area contributed by atoms with Gasteiger partial charge in [0.15, 0.2) is 12.4 Å². The molecule has 0 spiro atoms. The minimum Gasteiger partial charge on any atom is -0.471 e. The van der Waals surface area contributed by atoms with Gasteiger partial charge in [-0.25, -0.2) is 9.48 Å². The maximum absolute atomic E-state index is 12.5. The molecule has 0 unspecified atom stereocenters. The van der Waals surface area contributed by atoms with Gasteiger partial charge < -0.3 is 14.8 Å². The van der Waals surface area contributed by atoms with Crippen molar-refractivity contribution < 1.29 is 19.1 Å². The summed E-state index contributed by atoms with van der Waals surface area (Å²) in [6, 6.07) is 8.60. The highest BCUT2D eigenvalue weighted by Gasteiger charge is 2.19. The van der Waals surface area contributed by atoms with Gasteiger partial charge in [-0.15, -0.1) is 11.3 Å². The summed E-state index contributed by atoms with van der Waals surface area (Å²) in [6.07, 6.45) is 1.64. The van der Waals surface area contributed by atoms with E-state index in [0.717, 1.165) is 10.4 Å². The summed E-state index contributed by atoms with van der Waals surface area (Å²) in [6.45, 7) is 3.87. The van der Waals surface area contributed by atoms with Crippen molar-refractivity contribution in [3.63, 3.8) is 0 Å². The minimum absolute atomic E-state index is 0.139. The first-order valence-electron chi connectivity index (χ1n) is 8.30. The molecular weight excluding hydrogens is 402 g/mol. The minimum atomic E-state index is -0.503. The number of carbonyl (C=O) groups is 2. The van der Waals surface area contributed by atoms with Crippen LogP contribution in [0.5, 0.6) is 5.75 Å². The number of hydrogen-bond donors (Lipinski definition) is 1. The molecule has 28 heavy (non-hydrogen) atoms. The van der Waals surface area contributed by atoms with Crippen LogP contribution in [0.2, 0.25) is 5.02 Å². The molecule has 0 saturated heterocycles. The van der Waals surface area contributed by atoms with Gasteiger partial charge in [0, 0.05) is 16.1 Å². The smallest absolute Gasteiger partial charge is 0.340 e. The molecule has 0 bridgehead atoms. The highest BCUT2D eigenvalue weighted by Crippen LogP contribution is 2.28. The number of carbonyl (C=O) groups excluding carboxylic acids is 2. The number of thiophene rings is 1. The van der Waals surface area contributed by atoms with Gasteiger partial charge >= 0.3 is 5.97 Å². The molecule has 3 rings (SSSR count). The summed E-state index contributed by atoms with van der Waals surface area (Å²) in [5.41, 5.74) is 1.43. The van der Waals surface area contributed by atoms with Gasteiger partial charge in [0.25, 0.3) is 5.91 Å². The predicted molar refractivity (Wildman–Crippen MR) is 107 cm³/mol. The van der Waals surface area contributed by atoms with Gasteiger partial charge in [-0.2, -0.15) is 5.10 Å². The number of benzene rings is 1. The van der Waals surface area contributed by atoms with E-state index in [1.165, 1.54) is 23.1 Å². The summed E-state index contributed by atoms with van der Waals surface area (Å²) >= 11 is 7.29. The Morgan fingerprint density at radius 1 is 1.25 bits per heavy atom. The average Bonchev–Trinajstić information content (AvgIpc) is 3.28. The Balaban J connectivity index is 1.66. The second-order valence-corrected chi connectivity index (χ2v) is 7.63. The Labute approximate surface area is 170 Å². The van der Waals surface area contributed by atoms with E-state index in [1.54, 1.807) is 30.5 Å². The number of aromatic nitrogens is 2. The van der Waals surface area contributed by atoms with Crippen LogP contribution in [-0.4, -0.2) is 28.8 Å². The first-order chi connectivity index (χ1) is 13.4. The fraction of sp³-hybridized carbons (Fsp3) is 0.211. The molecule has 7 nitrogen and oxygen atoms in total. The SMILES string of the molecule is COC(=O)c1cc(C)sc1NC(=O)c1ccn(COc2ccc(Cl)c(C)c2)n1. The standard InChI is InChI=1S/C19H18ClN3O4S/c1-11-8-13(4-5-15(11)20)27-10-23-7-6-16(22-23)17(24)21-18-14(19(25)26-3)9-12(2)28-18/h4-9H,10H2,1-3H3,(H,21,24). The number of amides is 1. The van der Waals surface area contributed by atoms with E-state index in [0.29, 0.717) is 21.3 Å². The molecule has 0 saturated carbocycles. The van der Waals surface area contributed by atoms with Gasteiger partial charge in [-0.1, -0.05) is 11.6 Å². The Morgan fingerprint density at radius 2 is 2.04 bits per heavy atom. The molecule has 0 aliphatic carbocycles. The van der Waals surface area contributed by atoms with Crippen molar-refractivity contribution in [1.82, 2.24) is 9.78 Å². The number of esters is 1. The molecule has 0 atom stereocenters. The van der Waals surface area contributed by atoms with E-state index >= 15 is 0 Å². The van der Waals surface area contributed by atoms with Crippen molar-refractivity contribution >= 4 is 39.8 Å². The number of hydrogen-bond acceptors (Lipinski definition) is 6. The molecule has 1 N–H and O–H groups in total. The number of nitrogens with one attached hydrogen (secondary N) is 1. The topological polar surface area (TPSA) is 82.5 Å². The maximum atomic E-state index is 12.5. The van der Waals surface area contributed by atoms with Crippen LogP contribution in [0.15, 0.2) is 36.5 Å². The summed E-state index contributed by atoms with van der Waals surface area (Å²) in [7, 11) is 1.30. The summed E-state index contributed by atoms with van der Waals surface area (Å²) in [5, 5.41) is 8.01. The monoisotopic (exact) mass is 419 g/mol. The third kappa shape index (κ3) is 4.52. The number of nitrogens with zero attached hydrogens (tertiary/aromatic N) is 2. The Hall–Kier alpha value is -2.84. The first kappa shape index (κ1) is 19.9. The normalized spacial score (nSPS) is 10.6. The molecule has 2 aromatic heterocycles. The van der Waals surface area contributed by atoms with Gasteiger partial charge in [0.2, 0.25) is 0 Å². The number of rotatable bonds is 6. The largest absolute Gasteiger partial charge is 0.471 e. The number of anilines is 1. The van der Waals surface area contributed by atoms with E-state index in [2.05, 4.69) is 10.4 Å². The van der Waals surface area contributed by atoms with Crippen LogP contribution in [-0.2, 0) is 11.5 Å². The van der Waals surface area contributed by atoms with Gasteiger partial charge in [0.05, 0.1) is 12.7 Å². The van der Waals surface area contributed by atoms with Crippen molar-refractivity contribution in [3.05, 3.63) is 63.2 Å². The molecule has 9 heteroatoms. The third-order valence-corrected chi connectivity index (χ3v) is 5.24. The summed E-state index contributed by atoms with van der Waals surface area (Å²) in [4.78, 5) is 25.2. The van der Waals surface area contributed by atoms with Crippen LogP contribution in [0.25, 0.3) is 0 Å². The van der Waals surface area contributed by atoms with E-state index in [4.69, 9.17) is 21.1 Å². The van der Waals surface area contributed by atoms with Crippen LogP contribution in [0.1, 0.15) is 31.3 Å². The zero-order valence-electron chi connectivity index (χ0n) is 15.5. The number of methoxy groups -OCH3 is 1. The molecule has 1 amide bonds. The first-order valence-corrected chi connectivity index (χ1v) is 9.49. The lowest BCUT2D eigenvalue weighted by Gasteiger charge is -2.07. The van der Waals surface area contributed by atoms with E-state index in [9.17, 15) is 9.59 Å². The number of aryl methyl sites for hydroxylation is 2. The molecule has 2 heterocycles. The van der Waals surface area contributed by atoms with Gasteiger partial charge in [-0.3, -0.25) is 4.79 Å².